The number of carboxylic acid groups (broad SMARTS) is 1. The molecule has 0 spiro atoms. The number of carbonyl (C=O) groups is 1. The Kier molecular flexibility index (Phi) is 6.01. The van der Waals surface area contributed by atoms with Crippen molar-refractivity contribution in [3.05, 3.63) is 55.1 Å². The highest BCUT2D eigenvalue weighted by molar-refractivity contribution is 5.88. The first kappa shape index (κ1) is 18.8. The van der Waals surface area contributed by atoms with E-state index in [0.717, 1.165) is 38.8 Å². The summed E-state index contributed by atoms with van der Waals surface area (Å²) in [7, 11) is 0. The minimum Gasteiger partial charge on any atom is -0.478 e. The van der Waals surface area contributed by atoms with Crippen molar-refractivity contribution in [1.29, 1.82) is 0 Å². The van der Waals surface area contributed by atoms with E-state index in [1.807, 2.05) is 46.6 Å². The van der Waals surface area contributed by atoms with Crippen LogP contribution in [0, 0.1) is 0 Å². The Balaban J connectivity index is 1.94. The normalized spacial score (nSPS) is 11.0. The van der Waals surface area contributed by atoms with E-state index in [9.17, 15) is 9.90 Å². The molecule has 0 radical (unpaired) electrons. The molecule has 3 aromatic heterocycles. The number of rotatable bonds is 9. The van der Waals surface area contributed by atoms with E-state index in [-0.39, 0.29) is 5.56 Å². The van der Waals surface area contributed by atoms with Gasteiger partial charge in [0.2, 0.25) is 24.3 Å². The zero-order valence-electron chi connectivity index (χ0n) is 16.0. The summed E-state index contributed by atoms with van der Waals surface area (Å²) < 4.78 is 7.90. The number of hydrogen-bond donors (Lipinski definition) is 1. The monoisotopic (exact) mass is 369 g/mol. The molecule has 3 heterocycles. The minimum absolute atomic E-state index is 0.220. The highest BCUT2D eigenvalue weighted by Crippen LogP contribution is 2.13. The Labute approximate surface area is 159 Å². The number of aromatic nitrogens is 5. The third kappa shape index (κ3) is 4.61. The fourth-order valence-electron chi connectivity index (χ4n) is 2.90. The number of carboxylic acids is 1. The van der Waals surface area contributed by atoms with Crippen LogP contribution in [0.3, 0.4) is 0 Å². The molecule has 0 amide bonds. The zero-order chi connectivity index (χ0) is 19.2. The minimum atomic E-state index is -0.961. The lowest BCUT2D eigenvalue weighted by molar-refractivity contribution is -0.696. The Morgan fingerprint density at radius 1 is 0.963 bits per heavy atom. The maximum Gasteiger partial charge on any atom is 0.336 e. The van der Waals surface area contributed by atoms with Gasteiger partial charge in [-0.3, -0.25) is 0 Å². The van der Waals surface area contributed by atoms with Gasteiger partial charge >= 0.3 is 5.97 Å². The Morgan fingerprint density at radius 2 is 1.44 bits per heavy atom. The average Bonchev–Trinajstić information content (AvgIpc) is 3.34. The molecule has 1 N–H and O–H groups in total. The van der Waals surface area contributed by atoms with Crippen molar-refractivity contribution < 1.29 is 19.0 Å². The van der Waals surface area contributed by atoms with Gasteiger partial charge in [-0.1, -0.05) is 26.7 Å². The predicted molar refractivity (Wildman–Crippen MR) is 100 cm³/mol. The fraction of sp³-hybridized carbons (Fsp3) is 0.400. The molecule has 0 aliphatic carbocycles. The van der Waals surface area contributed by atoms with E-state index in [4.69, 9.17) is 0 Å². The second-order valence-corrected chi connectivity index (χ2v) is 6.70. The molecule has 0 saturated heterocycles. The molecule has 0 fully saturated rings. The van der Waals surface area contributed by atoms with Gasteiger partial charge in [-0.15, -0.1) is 0 Å². The largest absolute Gasteiger partial charge is 0.478 e. The number of hydrogen-bond acceptors (Lipinski definition) is 2. The van der Waals surface area contributed by atoms with Gasteiger partial charge < -0.3 is 5.11 Å². The second-order valence-electron chi connectivity index (χ2n) is 6.70. The van der Waals surface area contributed by atoms with Crippen LogP contribution in [-0.2, 0) is 13.1 Å². The second kappa shape index (κ2) is 8.62. The van der Waals surface area contributed by atoms with E-state index in [1.54, 1.807) is 12.1 Å². The van der Waals surface area contributed by atoms with Crippen LogP contribution in [0.2, 0.25) is 0 Å². The molecule has 0 atom stereocenters. The molecular weight excluding hydrogens is 342 g/mol. The Bertz CT molecular complexity index is 848. The van der Waals surface area contributed by atoms with E-state index in [1.165, 1.54) is 0 Å². The molecule has 3 aromatic rings. The summed E-state index contributed by atoms with van der Waals surface area (Å²) in [4.78, 5) is 16.3. The lowest BCUT2D eigenvalue weighted by Crippen LogP contribution is -2.30. The predicted octanol–water partition coefficient (Wildman–Crippen LogP) is 2.54. The molecule has 142 valence electrons. The van der Waals surface area contributed by atoms with Crippen LogP contribution in [0.5, 0.6) is 0 Å². The van der Waals surface area contributed by atoms with E-state index in [0.29, 0.717) is 11.6 Å². The summed E-state index contributed by atoms with van der Waals surface area (Å²) in [5, 5.41) is 9.51. The summed E-state index contributed by atoms with van der Waals surface area (Å²) >= 11 is 0. The summed E-state index contributed by atoms with van der Waals surface area (Å²) in [6.07, 6.45) is 16.1. The third-order valence-electron chi connectivity index (χ3n) is 4.50. The number of unbranched alkanes of at least 4 members (excludes halogenated alkanes) is 2. The maximum absolute atomic E-state index is 11.6. The third-order valence-corrected chi connectivity index (χ3v) is 4.50. The number of aryl methyl sites for hydroxylation is 2. The van der Waals surface area contributed by atoms with E-state index in [2.05, 4.69) is 28.0 Å². The van der Waals surface area contributed by atoms with Crippen LogP contribution in [0.15, 0.2) is 49.6 Å². The fourth-order valence-corrected chi connectivity index (χ4v) is 2.90. The van der Waals surface area contributed by atoms with Gasteiger partial charge in [-0.2, -0.15) is 14.1 Å². The van der Waals surface area contributed by atoms with Crippen LogP contribution < -0.4 is 9.13 Å². The number of aromatic carboxylic acids is 1. The molecule has 3 rings (SSSR count). The highest BCUT2D eigenvalue weighted by Gasteiger charge is 2.18. The van der Waals surface area contributed by atoms with Crippen molar-refractivity contribution in [3.63, 3.8) is 0 Å². The standard InChI is InChI=1S/C20H26N5O2/c1-3-5-7-22-9-11-24(15-22)18-13-17(20(26)27)14-19(21-18)25-12-10-23(16-25)8-6-4-2/h9-16H,3-8H2,1-2H3/q+1/p+1. The summed E-state index contributed by atoms with van der Waals surface area (Å²) in [6.45, 7) is 6.19. The van der Waals surface area contributed by atoms with Crippen LogP contribution in [0.4, 0.5) is 0 Å². The average molecular weight is 369 g/mol. The number of nitrogens with zero attached hydrogens (tertiary/aromatic N) is 5. The van der Waals surface area contributed by atoms with E-state index < -0.39 is 5.97 Å². The molecular formula is C20H27N5O2+2. The number of pyridine rings is 1. The lowest BCUT2D eigenvalue weighted by Gasteiger charge is -2.01. The molecule has 7 heteroatoms. The van der Waals surface area contributed by atoms with Crippen molar-refractivity contribution in [2.24, 2.45) is 0 Å². The maximum atomic E-state index is 11.6. The van der Waals surface area contributed by atoms with Gasteiger partial charge in [0.1, 0.15) is 24.8 Å². The van der Waals surface area contributed by atoms with Gasteiger partial charge in [-0.05, 0) is 12.8 Å². The van der Waals surface area contributed by atoms with Crippen molar-refractivity contribution in [3.8, 4) is 11.6 Å². The zero-order valence-corrected chi connectivity index (χ0v) is 16.0. The van der Waals surface area contributed by atoms with Crippen LogP contribution >= 0.6 is 0 Å². The van der Waals surface area contributed by atoms with Crippen molar-refractivity contribution in [2.45, 2.75) is 52.6 Å². The first-order valence-electron chi connectivity index (χ1n) is 9.51. The highest BCUT2D eigenvalue weighted by atomic mass is 16.4. The van der Waals surface area contributed by atoms with Gasteiger partial charge in [0.05, 0.1) is 18.7 Å². The summed E-state index contributed by atoms with van der Waals surface area (Å²) in [5.41, 5.74) is 0.220. The van der Waals surface area contributed by atoms with Gasteiger partial charge in [-0.25, -0.2) is 13.9 Å². The molecule has 0 aliphatic rings. The van der Waals surface area contributed by atoms with Crippen LogP contribution in [-0.4, -0.2) is 25.2 Å². The summed E-state index contributed by atoms with van der Waals surface area (Å²) in [6, 6.07) is 3.20. The molecule has 0 saturated carbocycles. The van der Waals surface area contributed by atoms with Crippen molar-refractivity contribution >= 4 is 5.97 Å². The topological polar surface area (TPSA) is 67.8 Å². The Morgan fingerprint density at radius 3 is 1.85 bits per heavy atom. The Hall–Kier alpha value is -2.96. The first-order chi connectivity index (χ1) is 13.1. The van der Waals surface area contributed by atoms with Gasteiger partial charge in [0.15, 0.2) is 0 Å². The molecule has 0 bridgehead atoms. The molecule has 0 aromatic carbocycles. The molecule has 0 unspecified atom stereocenters. The van der Waals surface area contributed by atoms with Crippen molar-refractivity contribution in [1.82, 2.24) is 14.1 Å². The van der Waals surface area contributed by atoms with E-state index >= 15 is 0 Å². The number of imidazole rings is 2. The molecule has 7 nitrogen and oxygen atoms in total. The first-order valence-corrected chi connectivity index (χ1v) is 9.51. The smallest absolute Gasteiger partial charge is 0.336 e. The lowest BCUT2D eigenvalue weighted by atomic mass is 10.2. The SMILES string of the molecule is CCCC[n+]1ccn(-c2cc(C(=O)O)cc(-n3cc[n+](CCCC)c3)n2)c1. The molecule has 0 aliphatic heterocycles. The van der Waals surface area contributed by atoms with Crippen LogP contribution in [0.25, 0.3) is 11.6 Å². The molecule has 27 heavy (non-hydrogen) atoms. The summed E-state index contributed by atoms with van der Waals surface area (Å²) in [5.74, 6) is 0.222. The quantitative estimate of drug-likeness (QED) is 0.590. The van der Waals surface area contributed by atoms with Crippen LogP contribution in [0.1, 0.15) is 49.9 Å². The van der Waals surface area contributed by atoms with Gasteiger partial charge in [0.25, 0.3) is 0 Å². The van der Waals surface area contributed by atoms with Gasteiger partial charge in [0, 0.05) is 12.1 Å². The van der Waals surface area contributed by atoms with Crippen molar-refractivity contribution in [2.75, 3.05) is 0 Å².